The lowest BCUT2D eigenvalue weighted by molar-refractivity contribution is 0.185. The second-order valence-corrected chi connectivity index (χ2v) is 5.38. The molecule has 6 heteroatoms. The number of ether oxygens (including phenoxy) is 1. The number of urea groups is 1. The van der Waals surface area contributed by atoms with E-state index in [-0.39, 0.29) is 12.6 Å². The quantitative estimate of drug-likeness (QED) is 0.717. The number of carbonyl (C=O) groups excluding carboxylic acids is 1. The lowest BCUT2D eigenvalue weighted by Crippen LogP contribution is -2.28. The summed E-state index contributed by atoms with van der Waals surface area (Å²) in [5.74, 6) is 1.11. The molecular weight excluding hydrogens is 318 g/mol. The number of hydrogen-bond acceptors (Lipinski definition) is 4. The number of amides is 2. The van der Waals surface area contributed by atoms with E-state index < -0.39 is 0 Å². The highest BCUT2D eigenvalue weighted by Gasteiger charge is 2.09. The molecule has 3 rings (SSSR count). The molecule has 0 aliphatic rings. The van der Waals surface area contributed by atoms with Crippen LogP contribution in [0.4, 0.5) is 10.5 Å². The Morgan fingerprint density at radius 3 is 2.68 bits per heavy atom. The van der Waals surface area contributed by atoms with E-state index in [0.29, 0.717) is 23.9 Å². The summed E-state index contributed by atoms with van der Waals surface area (Å²) in [5.41, 5.74) is 2.56. The van der Waals surface area contributed by atoms with Crippen LogP contribution in [0.1, 0.15) is 11.5 Å². The third-order valence-corrected chi connectivity index (χ3v) is 3.58. The van der Waals surface area contributed by atoms with Gasteiger partial charge in [0.2, 0.25) is 5.89 Å². The summed E-state index contributed by atoms with van der Waals surface area (Å²) in [7, 11) is 1.61. The average molecular weight is 337 g/mol. The molecule has 0 saturated carbocycles. The van der Waals surface area contributed by atoms with Crippen LogP contribution in [-0.2, 0) is 17.9 Å². The van der Waals surface area contributed by atoms with Crippen molar-refractivity contribution in [2.24, 2.45) is 0 Å². The van der Waals surface area contributed by atoms with Gasteiger partial charge in [0.15, 0.2) is 5.76 Å². The van der Waals surface area contributed by atoms with Crippen LogP contribution in [0.5, 0.6) is 0 Å². The first-order valence-electron chi connectivity index (χ1n) is 7.88. The van der Waals surface area contributed by atoms with Crippen LogP contribution < -0.4 is 10.6 Å². The van der Waals surface area contributed by atoms with Crippen molar-refractivity contribution >= 4 is 11.7 Å². The highest BCUT2D eigenvalue weighted by Crippen LogP contribution is 2.19. The van der Waals surface area contributed by atoms with Crippen molar-refractivity contribution in [3.05, 3.63) is 72.2 Å². The van der Waals surface area contributed by atoms with Gasteiger partial charge in [0.05, 0.1) is 19.3 Å². The SMILES string of the molecule is COCc1ccccc1NC(=O)NCc1ncc(-c2ccccc2)o1. The zero-order valence-corrected chi connectivity index (χ0v) is 13.9. The van der Waals surface area contributed by atoms with Gasteiger partial charge in [-0.1, -0.05) is 48.5 Å². The van der Waals surface area contributed by atoms with E-state index in [4.69, 9.17) is 9.15 Å². The van der Waals surface area contributed by atoms with Crippen LogP contribution in [0.3, 0.4) is 0 Å². The summed E-state index contributed by atoms with van der Waals surface area (Å²) in [5, 5.41) is 5.54. The molecule has 1 heterocycles. The number of oxazole rings is 1. The minimum atomic E-state index is -0.331. The van der Waals surface area contributed by atoms with Gasteiger partial charge in [0, 0.05) is 23.9 Å². The molecule has 0 aliphatic heterocycles. The molecule has 2 amide bonds. The van der Waals surface area contributed by atoms with Crippen LogP contribution in [0, 0.1) is 0 Å². The van der Waals surface area contributed by atoms with E-state index in [1.807, 2.05) is 54.6 Å². The Bertz CT molecular complexity index is 831. The summed E-state index contributed by atoms with van der Waals surface area (Å²) in [6.45, 7) is 0.627. The van der Waals surface area contributed by atoms with Crippen LogP contribution >= 0.6 is 0 Å². The van der Waals surface area contributed by atoms with E-state index in [1.165, 1.54) is 0 Å². The first-order chi connectivity index (χ1) is 12.3. The first kappa shape index (κ1) is 16.7. The average Bonchev–Trinajstić information content (AvgIpc) is 3.12. The normalized spacial score (nSPS) is 10.4. The maximum atomic E-state index is 12.1. The fourth-order valence-electron chi connectivity index (χ4n) is 2.37. The predicted molar refractivity (Wildman–Crippen MR) is 95.0 cm³/mol. The minimum absolute atomic E-state index is 0.200. The van der Waals surface area contributed by atoms with Gasteiger partial charge < -0.3 is 19.8 Å². The molecule has 0 aliphatic carbocycles. The second-order valence-electron chi connectivity index (χ2n) is 5.38. The number of carbonyl (C=O) groups is 1. The van der Waals surface area contributed by atoms with E-state index in [0.717, 1.165) is 11.1 Å². The summed E-state index contributed by atoms with van der Waals surface area (Å²) in [6, 6.07) is 16.8. The second kappa shape index (κ2) is 8.12. The molecule has 0 atom stereocenters. The number of para-hydroxylation sites is 1. The Labute approximate surface area is 145 Å². The van der Waals surface area contributed by atoms with E-state index >= 15 is 0 Å². The lowest BCUT2D eigenvalue weighted by atomic mass is 10.2. The van der Waals surface area contributed by atoms with Gasteiger partial charge in [-0.2, -0.15) is 0 Å². The zero-order chi connectivity index (χ0) is 17.5. The molecule has 0 spiro atoms. The fraction of sp³-hybridized carbons (Fsp3) is 0.158. The number of rotatable bonds is 6. The molecule has 0 unspecified atom stereocenters. The summed E-state index contributed by atoms with van der Waals surface area (Å²) >= 11 is 0. The standard InChI is InChI=1S/C19H19N3O3/c1-24-13-15-9-5-6-10-16(15)22-19(23)21-12-18-20-11-17(25-18)14-7-3-2-4-8-14/h2-11H,12-13H2,1H3,(H2,21,22,23). The van der Waals surface area contributed by atoms with Crippen LogP contribution in [0.2, 0.25) is 0 Å². The summed E-state index contributed by atoms with van der Waals surface area (Å²) < 4.78 is 10.8. The van der Waals surface area contributed by atoms with Gasteiger partial charge >= 0.3 is 6.03 Å². The third-order valence-electron chi connectivity index (χ3n) is 3.58. The van der Waals surface area contributed by atoms with Gasteiger partial charge in [-0.15, -0.1) is 0 Å². The Balaban J connectivity index is 1.57. The maximum Gasteiger partial charge on any atom is 0.319 e. The molecule has 0 saturated heterocycles. The molecule has 2 aromatic carbocycles. The maximum absolute atomic E-state index is 12.1. The van der Waals surface area contributed by atoms with Gasteiger partial charge in [-0.05, 0) is 6.07 Å². The summed E-state index contributed by atoms with van der Waals surface area (Å²) in [4.78, 5) is 16.3. The Morgan fingerprint density at radius 1 is 1.12 bits per heavy atom. The lowest BCUT2D eigenvalue weighted by Gasteiger charge is -2.10. The van der Waals surface area contributed by atoms with Crippen molar-refractivity contribution in [1.82, 2.24) is 10.3 Å². The van der Waals surface area contributed by atoms with Crippen LogP contribution in [0.15, 0.2) is 65.2 Å². The molecule has 1 aromatic heterocycles. The largest absolute Gasteiger partial charge is 0.439 e. The molecule has 0 radical (unpaired) electrons. The third kappa shape index (κ3) is 4.45. The minimum Gasteiger partial charge on any atom is -0.439 e. The predicted octanol–water partition coefficient (Wildman–Crippen LogP) is 3.81. The Hall–Kier alpha value is -3.12. The topological polar surface area (TPSA) is 76.4 Å². The smallest absolute Gasteiger partial charge is 0.319 e. The molecule has 0 fully saturated rings. The number of aromatic nitrogens is 1. The van der Waals surface area contributed by atoms with Gasteiger partial charge in [-0.3, -0.25) is 0 Å². The molecule has 128 valence electrons. The van der Waals surface area contributed by atoms with Gasteiger partial charge in [0.25, 0.3) is 0 Å². The first-order valence-corrected chi connectivity index (χ1v) is 7.88. The zero-order valence-electron chi connectivity index (χ0n) is 13.9. The number of methoxy groups -OCH3 is 1. The van der Waals surface area contributed by atoms with E-state index in [1.54, 1.807) is 13.3 Å². The van der Waals surface area contributed by atoms with Crippen molar-refractivity contribution in [3.8, 4) is 11.3 Å². The fourth-order valence-corrected chi connectivity index (χ4v) is 2.37. The molecule has 2 N–H and O–H groups in total. The monoisotopic (exact) mass is 337 g/mol. The molecule has 25 heavy (non-hydrogen) atoms. The van der Waals surface area contributed by atoms with Crippen molar-refractivity contribution in [2.75, 3.05) is 12.4 Å². The number of nitrogens with zero attached hydrogens (tertiary/aromatic N) is 1. The Morgan fingerprint density at radius 2 is 1.88 bits per heavy atom. The molecule has 0 bridgehead atoms. The molecular formula is C19H19N3O3. The number of nitrogens with one attached hydrogen (secondary N) is 2. The number of hydrogen-bond donors (Lipinski definition) is 2. The highest BCUT2D eigenvalue weighted by molar-refractivity contribution is 5.89. The van der Waals surface area contributed by atoms with Crippen LogP contribution in [-0.4, -0.2) is 18.1 Å². The van der Waals surface area contributed by atoms with Crippen molar-refractivity contribution in [1.29, 1.82) is 0 Å². The molecule has 6 nitrogen and oxygen atoms in total. The van der Waals surface area contributed by atoms with Crippen molar-refractivity contribution < 1.29 is 13.9 Å². The molecule has 3 aromatic rings. The van der Waals surface area contributed by atoms with Gasteiger partial charge in [-0.25, -0.2) is 9.78 Å². The van der Waals surface area contributed by atoms with Crippen molar-refractivity contribution in [2.45, 2.75) is 13.2 Å². The van der Waals surface area contributed by atoms with Crippen molar-refractivity contribution in [3.63, 3.8) is 0 Å². The van der Waals surface area contributed by atoms with Crippen LogP contribution in [0.25, 0.3) is 11.3 Å². The van der Waals surface area contributed by atoms with Gasteiger partial charge in [0.1, 0.15) is 0 Å². The van der Waals surface area contributed by atoms with E-state index in [2.05, 4.69) is 15.6 Å². The Kier molecular flexibility index (Phi) is 5.43. The summed E-state index contributed by atoms with van der Waals surface area (Å²) in [6.07, 6.45) is 1.65. The highest BCUT2D eigenvalue weighted by atomic mass is 16.5. The number of anilines is 1. The van der Waals surface area contributed by atoms with E-state index in [9.17, 15) is 4.79 Å². The number of benzene rings is 2.